The van der Waals surface area contributed by atoms with E-state index in [-0.39, 0.29) is 5.41 Å². The topological polar surface area (TPSA) is 21.3 Å². The van der Waals surface area contributed by atoms with E-state index < -0.39 is 0 Å². The van der Waals surface area contributed by atoms with E-state index in [4.69, 9.17) is 4.74 Å². The minimum Gasteiger partial charge on any atom is -0.493 e. The second-order valence-electron chi connectivity index (χ2n) is 7.01. The third-order valence-corrected chi connectivity index (χ3v) is 4.17. The summed E-state index contributed by atoms with van der Waals surface area (Å²) in [5.74, 6) is 1.81. The highest BCUT2D eigenvalue weighted by atomic mass is 16.5. The van der Waals surface area contributed by atoms with Crippen LogP contribution in [0.2, 0.25) is 0 Å². The molecule has 1 heterocycles. The lowest BCUT2D eigenvalue weighted by Gasteiger charge is -2.28. The zero-order chi connectivity index (χ0) is 14.6. The van der Waals surface area contributed by atoms with Crippen molar-refractivity contribution in [2.45, 2.75) is 52.4 Å². The molecule has 0 unspecified atom stereocenters. The second kappa shape index (κ2) is 6.62. The maximum absolute atomic E-state index is 5.70. The van der Waals surface area contributed by atoms with E-state index in [9.17, 15) is 0 Å². The Morgan fingerprint density at radius 3 is 2.85 bits per heavy atom. The number of benzene rings is 1. The first kappa shape index (κ1) is 15.4. The maximum Gasteiger partial charge on any atom is 0.122 e. The summed E-state index contributed by atoms with van der Waals surface area (Å²) >= 11 is 0. The standard InChI is InChI=1S/C18H29NO/c1-14(2)13-19-10-9-18(3,4)16-7-8-17-15(12-16)6-5-11-20-17/h7-8,12,14,19H,5-6,9-11,13H2,1-4H3. The predicted molar refractivity (Wildman–Crippen MR) is 85.6 cm³/mol. The van der Waals surface area contributed by atoms with Gasteiger partial charge in [-0.15, -0.1) is 0 Å². The summed E-state index contributed by atoms with van der Waals surface area (Å²) in [6.45, 7) is 12.2. The Balaban J connectivity index is 1.98. The Labute approximate surface area is 123 Å². The first-order chi connectivity index (χ1) is 9.49. The van der Waals surface area contributed by atoms with Crippen LogP contribution in [0.25, 0.3) is 0 Å². The second-order valence-corrected chi connectivity index (χ2v) is 7.01. The van der Waals surface area contributed by atoms with Crippen LogP contribution < -0.4 is 10.1 Å². The molecule has 1 aromatic rings. The molecular weight excluding hydrogens is 246 g/mol. The highest BCUT2D eigenvalue weighted by molar-refractivity contribution is 5.40. The molecule has 1 aliphatic heterocycles. The van der Waals surface area contributed by atoms with Crippen molar-refractivity contribution in [1.29, 1.82) is 0 Å². The van der Waals surface area contributed by atoms with Gasteiger partial charge in [-0.2, -0.15) is 0 Å². The maximum atomic E-state index is 5.70. The number of hydrogen-bond donors (Lipinski definition) is 1. The van der Waals surface area contributed by atoms with Crippen LogP contribution in [0.3, 0.4) is 0 Å². The van der Waals surface area contributed by atoms with Gasteiger partial charge in [-0.1, -0.05) is 39.8 Å². The molecule has 2 heteroatoms. The average molecular weight is 275 g/mol. The van der Waals surface area contributed by atoms with Gasteiger partial charge in [-0.05, 0) is 60.9 Å². The summed E-state index contributed by atoms with van der Waals surface area (Å²) in [4.78, 5) is 0. The summed E-state index contributed by atoms with van der Waals surface area (Å²) < 4.78 is 5.70. The van der Waals surface area contributed by atoms with Crippen LogP contribution >= 0.6 is 0 Å². The van der Waals surface area contributed by atoms with E-state index in [1.54, 1.807) is 0 Å². The molecule has 2 nitrogen and oxygen atoms in total. The largest absolute Gasteiger partial charge is 0.493 e. The highest BCUT2D eigenvalue weighted by Gasteiger charge is 2.22. The van der Waals surface area contributed by atoms with E-state index in [1.165, 1.54) is 17.5 Å². The van der Waals surface area contributed by atoms with Gasteiger partial charge in [0.25, 0.3) is 0 Å². The molecule has 0 aromatic heterocycles. The molecule has 2 rings (SSSR count). The Hall–Kier alpha value is -1.02. The van der Waals surface area contributed by atoms with Gasteiger partial charge in [0.05, 0.1) is 6.61 Å². The van der Waals surface area contributed by atoms with Crippen LogP contribution in [0.5, 0.6) is 5.75 Å². The first-order valence-corrected chi connectivity index (χ1v) is 7.96. The average Bonchev–Trinajstić information content (AvgIpc) is 2.43. The zero-order valence-electron chi connectivity index (χ0n) is 13.5. The van der Waals surface area contributed by atoms with Gasteiger partial charge in [0.1, 0.15) is 5.75 Å². The van der Waals surface area contributed by atoms with Crippen molar-refractivity contribution in [1.82, 2.24) is 5.32 Å². The minimum absolute atomic E-state index is 0.219. The summed E-state index contributed by atoms with van der Waals surface area (Å²) in [5, 5.41) is 3.55. The lowest BCUT2D eigenvalue weighted by molar-refractivity contribution is 0.288. The fourth-order valence-electron chi connectivity index (χ4n) is 2.72. The van der Waals surface area contributed by atoms with Crippen LogP contribution in [0.15, 0.2) is 18.2 Å². The summed E-state index contributed by atoms with van der Waals surface area (Å²) in [5.41, 5.74) is 3.04. The van der Waals surface area contributed by atoms with E-state index in [0.717, 1.165) is 44.2 Å². The zero-order valence-corrected chi connectivity index (χ0v) is 13.5. The van der Waals surface area contributed by atoms with E-state index in [1.807, 2.05) is 0 Å². The molecule has 0 saturated heterocycles. The van der Waals surface area contributed by atoms with Gasteiger partial charge in [0.2, 0.25) is 0 Å². The van der Waals surface area contributed by atoms with Crippen molar-refractivity contribution >= 4 is 0 Å². The number of nitrogens with one attached hydrogen (secondary N) is 1. The molecule has 0 saturated carbocycles. The molecular formula is C18H29NO. The van der Waals surface area contributed by atoms with Crippen LogP contribution in [-0.2, 0) is 11.8 Å². The summed E-state index contributed by atoms with van der Waals surface area (Å²) in [6.07, 6.45) is 3.47. The molecule has 0 atom stereocenters. The molecule has 0 fully saturated rings. The third-order valence-electron chi connectivity index (χ3n) is 4.17. The van der Waals surface area contributed by atoms with Crippen molar-refractivity contribution < 1.29 is 4.74 Å². The van der Waals surface area contributed by atoms with Crippen LogP contribution in [0, 0.1) is 5.92 Å². The minimum atomic E-state index is 0.219. The van der Waals surface area contributed by atoms with Gasteiger partial charge in [-0.3, -0.25) is 0 Å². The summed E-state index contributed by atoms with van der Waals surface area (Å²) in [6, 6.07) is 6.76. The number of hydrogen-bond acceptors (Lipinski definition) is 2. The number of rotatable bonds is 6. The Kier molecular flexibility index (Phi) is 5.09. The van der Waals surface area contributed by atoms with Gasteiger partial charge in [0, 0.05) is 0 Å². The highest BCUT2D eigenvalue weighted by Crippen LogP contribution is 2.32. The predicted octanol–water partition coefficient (Wildman–Crippen LogP) is 3.92. The fraction of sp³-hybridized carbons (Fsp3) is 0.667. The lowest BCUT2D eigenvalue weighted by atomic mass is 9.80. The third kappa shape index (κ3) is 3.99. The van der Waals surface area contributed by atoms with Gasteiger partial charge < -0.3 is 10.1 Å². The fourth-order valence-corrected chi connectivity index (χ4v) is 2.72. The molecule has 0 bridgehead atoms. The van der Waals surface area contributed by atoms with Crippen LogP contribution in [0.4, 0.5) is 0 Å². The monoisotopic (exact) mass is 275 g/mol. The molecule has 1 N–H and O–H groups in total. The van der Waals surface area contributed by atoms with Crippen molar-refractivity contribution in [3.8, 4) is 5.75 Å². The van der Waals surface area contributed by atoms with Gasteiger partial charge in [0.15, 0.2) is 0 Å². The normalized spacial score (nSPS) is 15.1. The smallest absolute Gasteiger partial charge is 0.122 e. The number of aryl methyl sites for hydroxylation is 1. The number of fused-ring (bicyclic) bond motifs is 1. The van der Waals surface area contributed by atoms with Crippen molar-refractivity contribution in [2.75, 3.05) is 19.7 Å². The molecule has 1 aliphatic rings. The van der Waals surface area contributed by atoms with Crippen molar-refractivity contribution in [3.63, 3.8) is 0 Å². The van der Waals surface area contributed by atoms with Gasteiger partial charge >= 0.3 is 0 Å². The lowest BCUT2D eigenvalue weighted by Crippen LogP contribution is -2.28. The Bertz CT molecular complexity index is 437. The molecule has 1 aromatic carbocycles. The molecule has 0 amide bonds. The van der Waals surface area contributed by atoms with E-state index in [2.05, 4.69) is 51.2 Å². The van der Waals surface area contributed by atoms with E-state index in [0.29, 0.717) is 0 Å². The van der Waals surface area contributed by atoms with E-state index >= 15 is 0 Å². The Morgan fingerprint density at radius 1 is 1.30 bits per heavy atom. The SMILES string of the molecule is CC(C)CNCCC(C)(C)c1ccc2c(c1)CCCO2. The van der Waals surface area contributed by atoms with Crippen LogP contribution in [0.1, 0.15) is 51.7 Å². The molecule has 0 aliphatic carbocycles. The molecule has 20 heavy (non-hydrogen) atoms. The number of ether oxygens (including phenoxy) is 1. The van der Waals surface area contributed by atoms with Gasteiger partial charge in [-0.25, -0.2) is 0 Å². The summed E-state index contributed by atoms with van der Waals surface area (Å²) in [7, 11) is 0. The van der Waals surface area contributed by atoms with Crippen LogP contribution in [-0.4, -0.2) is 19.7 Å². The molecule has 0 radical (unpaired) electrons. The van der Waals surface area contributed by atoms with Crippen molar-refractivity contribution in [3.05, 3.63) is 29.3 Å². The molecule has 112 valence electrons. The quantitative estimate of drug-likeness (QED) is 0.794. The molecule has 0 spiro atoms. The first-order valence-electron chi connectivity index (χ1n) is 7.96. The Morgan fingerprint density at radius 2 is 2.10 bits per heavy atom. The van der Waals surface area contributed by atoms with Crippen molar-refractivity contribution in [2.24, 2.45) is 5.92 Å².